The fourth-order valence-electron chi connectivity index (χ4n) is 2.76. The molecular weight excluding hydrogens is 413 g/mol. The summed E-state index contributed by atoms with van der Waals surface area (Å²) in [6.07, 6.45) is 0.973. The molecule has 3 rings (SSSR count). The van der Waals surface area contributed by atoms with E-state index in [1.807, 2.05) is 26.2 Å². The fraction of sp³-hybridized carbons (Fsp3) is 0.294. The molecule has 2 aromatic carbocycles. The molecule has 2 aromatic rings. The average molecular weight is 430 g/mol. The van der Waals surface area contributed by atoms with Gasteiger partial charge in [0.15, 0.2) is 0 Å². The highest BCUT2D eigenvalue weighted by Gasteiger charge is 2.26. The minimum absolute atomic E-state index is 0.163. The summed E-state index contributed by atoms with van der Waals surface area (Å²) in [5.41, 5.74) is 4.63. The minimum atomic E-state index is -3.19. The van der Waals surface area contributed by atoms with E-state index in [0.717, 1.165) is 41.2 Å². The molecule has 6 heteroatoms. The number of rotatable bonds is 4. The Balaban J connectivity index is 1.82. The molecule has 1 heterocycles. The Kier molecular flexibility index (Phi) is 4.35. The van der Waals surface area contributed by atoms with Crippen molar-refractivity contribution >= 4 is 39.7 Å². The first-order valence-electron chi connectivity index (χ1n) is 7.27. The van der Waals surface area contributed by atoms with E-state index >= 15 is 0 Å². The molecule has 23 heavy (non-hydrogen) atoms. The molecule has 0 aromatic heterocycles. The third kappa shape index (κ3) is 3.68. The number of nitrogens with zero attached hydrogens (tertiary/aromatic N) is 2. The van der Waals surface area contributed by atoms with Crippen LogP contribution in [0.1, 0.15) is 5.56 Å². The van der Waals surface area contributed by atoms with Gasteiger partial charge in [-0.3, -0.25) is 0 Å². The largest absolute Gasteiger partial charge is 0.451 e. The smallest absolute Gasteiger partial charge is 0.425 e. The van der Waals surface area contributed by atoms with Crippen LogP contribution in [0.25, 0.3) is 0 Å². The van der Waals surface area contributed by atoms with Crippen molar-refractivity contribution in [3.05, 3.63) is 48.0 Å². The van der Waals surface area contributed by atoms with E-state index in [0.29, 0.717) is 0 Å². The zero-order chi connectivity index (χ0) is 16.6. The van der Waals surface area contributed by atoms with E-state index in [9.17, 15) is 8.78 Å². The van der Waals surface area contributed by atoms with Crippen LogP contribution in [0.2, 0.25) is 0 Å². The van der Waals surface area contributed by atoms with Gasteiger partial charge in [0.05, 0.1) is 22.6 Å². The number of alkyl halides is 3. The third-order valence-electron chi connectivity index (χ3n) is 3.86. The van der Waals surface area contributed by atoms with E-state index in [2.05, 4.69) is 32.7 Å². The van der Waals surface area contributed by atoms with Crippen LogP contribution in [0.15, 0.2) is 42.5 Å². The molecule has 0 aliphatic carbocycles. The number of fused-ring (bicyclic) bond motifs is 1. The summed E-state index contributed by atoms with van der Waals surface area (Å²) in [6.45, 7) is 0.884. The highest BCUT2D eigenvalue weighted by Crippen LogP contribution is 2.37. The minimum Gasteiger partial charge on any atom is -0.425 e. The van der Waals surface area contributed by atoms with E-state index in [-0.39, 0.29) is 5.75 Å². The second kappa shape index (κ2) is 6.14. The van der Waals surface area contributed by atoms with Crippen molar-refractivity contribution in [3.63, 3.8) is 0 Å². The molecule has 0 amide bonds. The normalized spacial score (nSPS) is 13.9. The molecule has 1 aliphatic rings. The highest BCUT2D eigenvalue weighted by molar-refractivity contribution is 14.1. The van der Waals surface area contributed by atoms with Gasteiger partial charge in [0.2, 0.25) is 0 Å². The van der Waals surface area contributed by atoms with Crippen molar-refractivity contribution in [2.75, 3.05) is 30.4 Å². The van der Waals surface area contributed by atoms with Gasteiger partial charge in [0, 0.05) is 37.7 Å². The van der Waals surface area contributed by atoms with E-state index in [1.165, 1.54) is 16.9 Å². The van der Waals surface area contributed by atoms with E-state index < -0.39 is 4.12 Å². The molecular formula is C17H17F2IN2O. The van der Waals surface area contributed by atoms with Gasteiger partial charge < -0.3 is 14.5 Å². The van der Waals surface area contributed by atoms with Crippen molar-refractivity contribution in [3.8, 4) is 5.75 Å². The lowest BCUT2D eigenvalue weighted by Gasteiger charge is -2.21. The van der Waals surface area contributed by atoms with Gasteiger partial charge in [-0.05, 0) is 54.4 Å². The fourth-order valence-corrected chi connectivity index (χ4v) is 3.02. The maximum absolute atomic E-state index is 12.9. The lowest BCUT2D eigenvalue weighted by atomic mass is 10.1. The van der Waals surface area contributed by atoms with Crippen molar-refractivity contribution < 1.29 is 13.5 Å². The van der Waals surface area contributed by atoms with Crippen molar-refractivity contribution in [2.45, 2.75) is 10.5 Å². The predicted molar refractivity (Wildman–Crippen MR) is 97.5 cm³/mol. The number of anilines is 3. The molecule has 3 nitrogen and oxygen atoms in total. The Bertz CT molecular complexity index is 699. The van der Waals surface area contributed by atoms with Crippen molar-refractivity contribution in [2.24, 2.45) is 0 Å². The van der Waals surface area contributed by atoms with Crippen LogP contribution in [-0.4, -0.2) is 24.8 Å². The van der Waals surface area contributed by atoms with Crippen LogP contribution in [0.3, 0.4) is 0 Å². The highest BCUT2D eigenvalue weighted by atomic mass is 127. The van der Waals surface area contributed by atoms with Crippen LogP contribution >= 0.6 is 22.6 Å². The molecule has 0 radical (unpaired) electrons. The second-order valence-corrected chi connectivity index (χ2v) is 6.91. The summed E-state index contributed by atoms with van der Waals surface area (Å²) < 4.78 is 27.1. The molecule has 1 aliphatic heterocycles. The van der Waals surface area contributed by atoms with E-state index in [1.54, 1.807) is 12.1 Å². The first kappa shape index (κ1) is 16.3. The summed E-state index contributed by atoms with van der Waals surface area (Å²) in [5.74, 6) is 0.163. The van der Waals surface area contributed by atoms with Crippen molar-refractivity contribution in [1.82, 2.24) is 0 Å². The molecule has 0 bridgehead atoms. The zero-order valence-corrected chi connectivity index (χ0v) is 15.0. The Morgan fingerprint density at radius 3 is 2.43 bits per heavy atom. The van der Waals surface area contributed by atoms with Gasteiger partial charge in [-0.1, -0.05) is 0 Å². The molecule has 122 valence electrons. The Labute approximate surface area is 148 Å². The summed E-state index contributed by atoms with van der Waals surface area (Å²) in [6, 6.07) is 13.2. The number of benzene rings is 2. The van der Waals surface area contributed by atoms with Crippen molar-refractivity contribution in [1.29, 1.82) is 0 Å². The molecule has 0 spiro atoms. The predicted octanol–water partition coefficient (Wildman–Crippen LogP) is 4.81. The quantitative estimate of drug-likeness (QED) is 0.512. The standard InChI is InChI=1S/C17H17F2IN2O/c1-21(2)14-5-8-16-12(11-14)9-10-22(16)13-3-6-15(7-4-13)23-17(18,19)20/h3-8,11H,9-10H2,1-2H3. The number of hydrogen-bond donors (Lipinski definition) is 0. The first-order valence-corrected chi connectivity index (χ1v) is 8.35. The number of halogens is 3. The van der Waals surface area contributed by atoms with Crippen LogP contribution in [0.5, 0.6) is 5.75 Å². The van der Waals surface area contributed by atoms with Gasteiger partial charge in [-0.2, -0.15) is 8.78 Å². The number of hydrogen-bond acceptors (Lipinski definition) is 3. The van der Waals surface area contributed by atoms with Gasteiger partial charge in [-0.15, -0.1) is 0 Å². The topological polar surface area (TPSA) is 15.7 Å². The van der Waals surface area contributed by atoms with Crippen LogP contribution in [0, 0.1) is 0 Å². The maximum Gasteiger partial charge on any atom is 0.451 e. The molecule has 0 saturated heterocycles. The summed E-state index contributed by atoms with van der Waals surface area (Å²) in [4.78, 5) is 4.28. The molecule has 0 N–H and O–H groups in total. The van der Waals surface area contributed by atoms with Crippen LogP contribution in [-0.2, 0) is 6.42 Å². The Hall–Kier alpha value is -1.57. The molecule has 0 saturated carbocycles. The SMILES string of the molecule is CN(C)c1ccc2c(c1)CCN2c1ccc(OC(F)(F)I)cc1. The second-order valence-electron chi connectivity index (χ2n) is 5.65. The van der Waals surface area contributed by atoms with Gasteiger partial charge in [0.1, 0.15) is 5.75 Å². The average Bonchev–Trinajstić information content (AvgIpc) is 2.89. The van der Waals surface area contributed by atoms with Crippen LogP contribution in [0.4, 0.5) is 25.8 Å². The third-order valence-corrected chi connectivity index (χ3v) is 4.08. The lowest BCUT2D eigenvalue weighted by molar-refractivity contribution is -0.0691. The summed E-state index contributed by atoms with van der Waals surface area (Å²) >= 11 is 0.965. The van der Waals surface area contributed by atoms with Crippen LogP contribution < -0.4 is 14.5 Å². The molecule has 0 fully saturated rings. The first-order chi connectivity index (χ1) is 10.8. The van der Waals surface area contributed by atoms with Gasteiger partial charge in [0.25, 0.3) is 0 Å². The molecule has 0 unspecified atom stereocenters. The zero-order valence-electron chi connectivity index (χ0n) is 12.9. The Morgan fingerprint density at radius 2 is 1.83 bits per heavy atom. The van der Waals surface area contributed by atoms with Gasteiger partial charge in [-0.25, -0.2) is 0 Å². The summed E-state index contributed by atoms with van der Waals surface area (Å²) in [5, 5.41) is 0. The monoisotopic (exact) mass is 430 g/mol. The molecule has 0 atom stereocenters. The van der Waals surface area contributed by atoms with E-state index in [4.69, 9.17) is 0 Å². The van der Waals surface area contributed by atoms with Gasteiger partial charge >= 0.3 is 4.12 Å². The lowest BCUT2D eigenvalue weighted by Crippen LogP contribution is -2.15. The Morgan fingerprint density at radius 1 is 1.13 bits per heavy atom. The summed E-state index contributed by atoms with van der Waals surface area (Å²) in [7, 11) is 4.05. The number of ether oxygens (including phenoxy) is 1. The maximum atomic E-state index is 12.9.